The van der Waals surface area contributed by atoms with Crippen LogP contribution >= 0.6 is 11.8 Å². The Labute approximate surface area is 83.1 Å². The molecule has 0 saturated heterocycles. The molecule has 0 aromatic heterocycles. The first-order chi connectivity index (χ1) is 6.13. The van der Waals surface area contributed by atoms with Gasteiger partial charge in [0.15, 0.2) is 0 Å². The van der Waals surface area contributed by atoms with Crippen molar-refractivity contribution in [3.8, 4) is 5.75 Å². The number of phenolic OH excluding ortho intramolecular Hbond substituents is 1. The van der Waals surface area contributed by atoms with Gasteiger partial charge in [-0.2, -0.15) is 0 Å². The van der Waals surface area contributed by atoms with Crippen LogP contribution in [0.15, 0.2) is 23.1 Å². The van der Waals surface area contributed by atoms with Crippen LogP contribution < -0.4 is 5.73 Å². The highest BCUT2D eigenvalue weighted by Crippen LogP contribution is 2.25. The second-order valence-corrected chi connectivity index (χ2v) is 4.03. The van der Waals surface area contributed by atoms with Gasteiger partial charge in [0.2, 0.25) is 0 Å². The number of thioether (sulfide) groups is 1. The number of hydrogen-bond donors (Lipinski definition) is 2. The molecule has 0 bridgehead atoms. The van der Waals surface area contributed by atoms with Crippen LogP contribution in [0.25, 0.3) is 0 Å². The SMILES string of the molecule is CSc1ccc(O)cc1C[C@@H](C)N. The van der Waals surface area contributed by atoms with E-state index in [2.05, 4.69) is 0 Å². The first kappa shape index (κ1) is 10.4. The topological polar surface area (TPSA) is 46.2 Å². The van der Waals surface area contributed by atoms with E-state index in [9.17, 15) is 5.11 Å². The summed E-state index contributed by atoms with van der Waals surface area (Å²) >= 11 is 1.68. The first-order valence-electron chi connectivity index (χ1n) is 4.25. The van der Waals surface area contributed by atoms with Crippen molar-refractivity contribution in [2.45, 2.75) is 24.3 Å². The molecule has 0 aliphatic heterocycles. The van der Waals surface area contributed by atoms with Crippen molar-refractivity contribution >= 4 is 11.8 Å². The van der Waals surface area contributed by atoms with E-state index < -0.39 is 0 Å². The minimum atomic E-state index is 0.132. The molecule has 0 fully saturated rings. The summed E-state index contributed by atoms with van der Waals surface area (Å²) in [5.74, 6) is 0.313. The molecule has 1 aromatic rings. The normalized spacial score (nSPS) is 12.8. The van der Waals surface area contributed by atoms with Crippen molar-refractivity contribution in [3.05, 3.63) is 23.8 Å². The maximum Gasteiger partial charge on any atom is 0.115 e. The van der Waals surface area contributed by atoms with Crippen molar-refractivity contribution in [3.63, 3.8) is 0 Å². The van der Waals surface area contributed by atoms with Crippen molar-refractivity contribution in [2.24, 2.45) is 5.73 Å². The van der Waals surface area contributed by atoms with Gasteiger partial charge in [0.25, 0.3) is 0 Å². The molecule has 3 N–H and O–H groups in total. The van der Waals surface area contributed by atoms with Crippen molar-refractivity contribution in [1.29, 1.82) is 0 Å². The maximum atomic E-state index is 9.30. The Bertz CT molecular complexity index is 286. The highest BCUT2D eigenvalue weighted by atomic mass is 32.2. The van der Waals surface area contributed by atoms with E-state index >= 15 is 0 Å². The zero-order chi connectivity index (χ0) is 9.84. The largest absolute Gasteiger partial charge is 0.508 e. The fraction of sp³-hybridized carbons (Fsp3) is 0.400. The number of hydrogen-bond acceptors (Lipinski definition) is 3. The van der Waals surface area contributed by atoms with Crippen LogP contribution in [0.2, 0.25) is 0 Å². The van der Waals surface area contributed by atoms with Crippen LogP contribution in [0, 0.1) is 0 Å². The summed E-state index contributed by atoms with van der Waals surface area (Å²) in [6.07, 6.45) is 2.83. The van der Waals surface area contributed by atoms with Crippen LogP contribution in [0.1, 0.15) is 12.5 Å². The molecule has 1 rings (SSSR count). The van der Waals surface area contributed by atoms with Gasteiger partial charge in [-0.05, 0) is 43.4 Å². The Balaban J connectivity index is 2.94. The molecule has 0 saturated carbocycles. The Morgan fingerprint density at radius 3 is 2.77 bits per heavy atom. The molecular formula is C10H15NOS. The van der Waals surface area contributed by atoms with Gasteiger partial charge in [-0.25, -0.2) is 0 Å². The molecule has 0 unspecified atom stereocenters. The monoisotopic (exact) mass is 197 g/mol. The molecule has 13 heavy (non-hydrogen) atoms. The third-order valence-electron chi connectivity index (χ3n) is 1.81. The lowest BCUT2D eigenvalue weighted by Crippen LogP contribution is -2.18. The van der Waals surface area contributed by atoms with E-state index in [0.717, 1.165) is 12.0 Å². The summed E-state index contributed by atoms with van der Waals surface area (Å²) in [5, 5.41) is 9.30. The fourth-order valence-electron chi connectivity index (χ4n) is 1.27. The van der Waals surface area contributed by atoms with Crippen LogP contribution in [-0.2, 0) is 6.42 Å². The Hall–Kier alpha value is -0.670. The molecule has 1 atom stereocenters. The lowest BCUT2D eigenvalue weighted by molar-refractivity contribution is 0.473. The Morgan fingerprint density at radius 2 is 2.23 bits per heavy atom. The Kier molecular flexibility index (Phi) is 3.63. The van der Waals surface area contributed by atoms with Crippen LogP contribution in [0.4, 0.5) is 0 Å². The molecule has 0 amide bonds. The van der Waals surface area contributed by atoms with Gasteiger partial charge in [0, 0.05) is 10.9 Å². The molecule has 0 aliphatic rings. The first-order valence-corrected chi connectivity index (χ1v) is 5.47. The summed E-state index contributed by atoms with van der Waals surface area (Å²) < 4.78 is 0. The fourth-order valence-corrected chi connectivity index (χ4v) is 1.88. The second kappa shape index (κ2) is 4.53. The number of rotatable bonds is 3. The maximum absolute atomic E-state index is 9.30. The number of nitrogens with two attached hydrogens (primary N) is 1. The van der Waals surface area contributed by atoms with Gasteiger partial charge < -0.3 is 10.8 Å². The van der Waals surface area contributed by atoms with Crippen LogP contribution in [0.3, 0.4) is 0 Å². The van der Waals surface area contributed by atoms with Gasteiger partial charge in [-0.3, -0.25) is 0 Å². The summed E-state index contributed by atoms with van der Waals surface area (Å²) in [5.41, 5.74) is 6.83. The van der Waals surface area contributed by atoms with Gasteiger partial charge in [0.1, 0.15) is 5.75 Å². The summed E-state index contributed by atoms with van der Waals surface area (Å²) in [4.78, 5) is 1.19. The van der Waals surface area contributed by atoms with Gasteiger partial charge in [0.05, 0.1) is 0 Å². The van der Waals surface area contributed by atoms with Gasteiger partial charge in [-0.15, -0.1) is 11.8 Å². The van der Waals surface area contributed by atoms with Crippen molar-refractivity contribution < 1.29 is 5.11 Å². The summed E-state index contributed by atoms with van der Waals surface area (Å²) in [6, 6.07) is 5.55. The molecule has 0 aliphatic carbocycles. The van der Waals surface area contributed by atoms with E-state index in [-0.39, 0.29) is 6.04 Å². The molecule has 0 radical (unpaired) electrons. The van der Waals surface area contributed by atoms with Crippen molar-refractivity contribution in [2.75, 3.05) is 6.26 Å². The minimum Gasteiger partial charge on any atom is -0.508 e. The van der Waals surface area contributed by atoms with Gasteiger partial charge in [-0.1, -0.05) is 0 Å². The second-order valence-electron chi connectivity index (χ2n) is 3.18. The quantitative estimate of drug-likeness (QED) is 0.729. The minimum absolute atomic E-state index is 0.132. The van der Waals surface area contributed by atoms with Gasteiger partial charge >= 0.3 is 0 Å². The number of benzene rings is 1. The third-order valence-corrected chi connectivity index (χ3v) is 2.64. The lowest BCUT2D eigenvalue weighted by Gasteiger charge is -2.09. The van der Waals surface area contributed by atoms with E-state index in [4.69, 9.17) is 5.73 Å². The number of phenols is 1. The molecular weight excluding hydrogens is 182 g/mol. The smallest absolute Gasteiger partial charge is 0.115 e. The average Bonchev–Trinajstić information content (AvgIpc) is 2.03. The molecule has 0 heterocycles. The van der Waals surface area contributed by atoms with E-state index in [1.54, 1.807) is 23.9 Å². The number of aromatic hydroxyl groups is 1. The zero-order valence-corrected chi connectivity index (χ0v) is 8.77. The molecule has 72 valence electrons. The zero-order valence-electron chi connectivity index (χ0n) is 7.95. The van der Waals surface area contributed by atoms with E-state index in [1.165, 1.54) is 4.90 Å². The Morgan fingerprint density at radius 1 is 1.54 bits per heavy atom. The predicted molar refractivity (Wildman–Crippen MR) is 57.2 cm³/mol. The average molecular weight is 197 g/mol. The van der Waals surface area contributed by atoms with Crippen molar-refractivity contribution in [1.82, 2.24) is 0 Å². The summed E-state index contributed by atoms with van der Waals surface area (Å²) in [6.45, 7) is 1.97. The van der Waals surface area contributed by atoms with Crippen LogP contribution in [-0.4, -0.2) is 17.4 Å². The summed E-state index contributed by atoms with van der Waals surface area (Å²) in [7, 11) is 0. The predicted octanol–water partition coefficient (Wildman–Crippen LogP) is 2.00. The third kappa shape index (κ3) is 2.94. The molecule has 3 heteroatoms. The lowest BCUT2D eigenvalue weighted by atomic mass is 10.1. The highest BCUT2D eigenvalue weighted by molar-refractivity contribution is 7.98. The molecule has 2 nitrogen and oxygen atoms in total. The van der Waals surface area contributed by atoms with E-state index in [1.807, 2.05) is 19.2 Å². The highest BCUT2D eigenvalue weighted by Gasteiger charge is 2.04. The molecule has 1 aromatic carbocycles. The molecule has 0 spiro atoms. The standard InChI is InChI=1S/C10H15NOS/c1-7(11)5-8-6-9(12)3-4-10(8)13-2/h3-4,6-7,12H,5,11H2,1-2H3/t7-/m1/s1. The van der Waals surface area contributed by atoms with Crippen LogP contribution in [0.5, 0.6) is 5.75 Å². The van der Waals surface area contributed by atoms with E-state index in [0.29, 0.717) is 5.75 Å².